The molecule has 2 aromatic heterocycles. The second kappa shape index (κ2) is 4.71. The summed E-state index contributed by atoms with van der Waals surface area (Å²) < 4.78 is 2.16. The van der Waals surface area contributed by atoms with Gasteiger partial charge in [0.25, 0.3) is 0 Å². The van der Waals surface area contributed by atoms with Gasteiger partial charge in [0.05, 0.1) is 6.33 Å². The Morgan fingerprint density at radius 2 is 1.67 bits per heavy atom. The van der Waals surface area contributed by atoms with Crippen LogP contribution in [0.3, 0.4) is 0 Å². The molecule has 0 amide bonds. The van der Waals surface area contributed by atoms with Gasteiger partial charge in [-0.15, -0.1) is 0 Å². The molecule has 0 saturated heterocycles. The van der Waals surface area contributed by atoms with Gasteiger partial charge < -0.3 is 4.57 Å². The molecular formula is C15H23N3. The van der Waals surface area contributed by atoms with Crippen LogP contribution < -0.4 is 0 Å². The molecule has 18 heavy (non-hydrogen) atoms. The Hall–Kier alpha value is -1.38. The van der Waals surface area contributed by atoms with Gasteiger partial charge in [-0.05, 0) is 37.3 Å². The average Bonchev–Trinajstić information content (AvgIpc) is 2.70. The number of imidazole rings is 1. The molecule has 0 N–H and O–H groups in total. The zero-order valence-corrected chi connectivity index (χ0v) is 12.2. The van der Waals surface area contributed by atoms with E-state index in [2.05, 4.69) is 57.2 Å². The Kier molecular flexibility index (Phi) is 3.42. The van der Waals surface area contributed by atoms with Gasteiger partial charge in [-0.2, -0.15) is 0 Å². The molecule has 3 heteroatoms. The van der Waals surface area contributed by atoms with E-state index in [1.54, 1.807) is 0 Å². The lowest BCUT2D eigenvalue weighted by atomic mass is 9.99. The number of hydrogen-bond donors (Lipinski definition) is 0. The van der Waals surface area contributed by atoms with Crippen molar-refractivity contribution < 1.29 is 0 Å². The van der Waals surface area contributed by atoms with Crippen LogP contribution in [-0.2, 0) is 0 Å². The molecule has 2 rings (SSSR count). The van der Waals surface area contributed by atoms with Crippen LogP contribution in [0.1, 0.15) is 70.7 Å². The molecule has 0 aromatic carbocycles. The summed E-state index contributed by atoms with van der Waals surface area (Å²) in [6.07, 6.45) is 1.92. The largest absolute Gasteiger partial charge is 0.313 e. The van der Waals surface area contributed by atoms with Gasteiger partial charge in [0.15, 0.2) is 5.65 Å². The topological polar surface area (TPSA) is 30.7 Å². The van der Waals surface area contributed by atoms with Crippen molar-refractivity contribution in [2.75, 3.05) is 0 Å². The van der Waals surface area contributed by atoms with Gasteiger partial charge >= 0.3 is 0 Å². The highest BCUT2D eigenvalue weighted by atomic mass is 15.1. The smallest absolute Gasteiger partial charge is 0.160 e. The molecule has 0 bridgehead atoms. The first-order chi connectivity index (χ1) is 8.41. The molecule has 0 radical (unpaired) electrons. The van der Waals surface area contributed by atoms with Gasteiger partial charge in [0.2, 0.25) is 0 Å². The molecular weight excluding hydrogens is 222 g/mol. The monoisotopic (exact) mass is 245 g/mol. The van der Waals surface area contributed by atoms with Crippen molar-refractivity contribution >= 4 is 11.2 Å². The zero-order chi connectivity index (χ0) is 13.4. The highest BCUT2D eigenvalue weighted by Crippen LogP contribution is 2.28. The van der Waals surface area contributed by atoms with Crippen LogP contribution in [0.4, 0.5) is 0 Å². The predicted molar refractivity (Wildman–Crippen MR) is 76.1 cm³/mol. The van der Waals surface area contributed by atoms with Crippen LogP contribution >= 0.6 is 0 Å². The molecule has 0 aliphatic rings. The minimum atomic E-state index is 0.393. The number of aromatic nitrogens is 3. The molecule has 2 aromatic rings. The minimum absolute atomic E-state index is 0.393. The lowest BCUT2D eigenvalue weighted by Crippen LogP contribution is -2.04. The lowest BCUT2D eigenvalue weighted by Gasteiger charge is -2.13. The molecule has 0 fully saturated rings. The number of hydrogen-bond acceptors (Lipinski definition) is 2. The standard InChI is InChI=1S/C15H23N3/c1-9(2)12-7-13(10(3)4)17-15-14(12)16-8-18(15)11(5)6/h7-11H,1-6H3. The minimum Gasteiger partial charge on any atom is -0.313 e. The molecule has 0 spiro atoms. The van der Waals surface area contributed by atoms with Gasteiger partial charge in [-0.3, -0.25) is 0 Å². The molecule has 2 heterocycles. The van der Waals surface area contributed by atoms with Crippen molar-refractivity contribution in [3.63, 3.8) is 0 Å². The van der Waals surface area contributed by atoms with E-state index in [-0.39, 0.29) is 0 Å². The van der Waals surface area contributed by atoms with Crippen molar-refractivity contribution in [3.8, 4) is 0 Å². The van der Waals surface area contributed by atoms with E-state index in [0.717, 1.165) is 16.9 Å². The number of nitrogens with zero attached hydrogens (tertiary/aromatic N) is 3. The van der Waals surface area contributed by atoms with E-state index in [1.807, 2.05) is 6.33 Å². The molecule has 98 valence electrons. The van der Waals surface area contributed by atoms with Gasteiger partial charge in [0, 0.05) is 11.7 Å². The Morgan fingerprint density at radius 1 is 1.00 bits per heavy atom. The number of fused-ring (bicyclic) bond motifs is 1. The summed E-state index contributed by atoms with van der Waals surface area (Å²) in [5, 5.41) is 0. The fourth-order valence-electron chi connectivity index (χ4n) is 2.16. The normalized spacial score (nSPS) is 12.3. The van der Waals surface area contributed by atoms with E-state index in [1.165, 1.54) is 5.56 Å². The zero-order valence-electron chi connectivity index (χ0n) is 12.2. The Bertz CT molecular complexity index is 550. The fourth-order valence-corrected chi connectivity index (χ4v) is 2.16. The summed E-state index contributed by atoms with van der Waals surface area (Å²) in [6, 6.07) is 2.61. The molecule has 0 unspecified atom stereocenters. The van der Waals surface area contributed by atoms with E-state index in [9.17, 15) is 0 Å². The van der Waals surface area contributed by atoms with Gasteiger partial charge in [0.1, 0.15) is 5.52 Å². The predicted octanol–water partition coefficient (Wildman–Crippen LogP) is 4.26. The van der Waals surface area contributed by atoms with Crippen molar-refractivity contribution in [3.05, 3.63) is 23.7 Å². The highest BCUT2D eigenvalue weighted by molar-refractivity contribution is 5.76. The summed E-state index contributed by atoms with van der Waals surface area (Å²) in [5.41, 5.74) is 4.56. The summed E-state index contributed by atoms with van der Waals surface area (Å²) in [7, 11) is 0. The third-order valence-electron chi connectivity index (χ3n) is 3.35. The van der Waals surface area contributed by atoms with E-state index >= 15 is 0 Å². The molecule has 0 aliphatic heterocycles. The third kappa shape index (κ3) is 2.14. The second-order valence-corrected chi connectivity index (χ2v) is 5.86. The summed E-state index contributed by atoms with van der Waals surface area (Å²) in [6.45, 7) is 13.1. The van der Waals surface area contributed by atoms with Gasteiger partial charge in [-0.25, -0.2) is 9.97 Å². The molecule has 3 nitrogen and oxygen atoms in total. The second-order valence-electron chi connectivity index (χ2n) is 5.86. The number of rotatable bonds is 3. The summed E-state index contributed by atoms with van der Waals surface area (Å²) >= 11 is 0. The summed E-state index contributed by atoms with van der Waals surface area (Å²) in [4.78, 5) is 9.36. The van der Waals surface area contributed by atoms with Crippen molar-refractivity contribution in [2.24, 2.45) is 0 Å². The maximum atomic E-state index is 4.80. The van der Waals surface area contributed by atoms with E-state index in [4.69, 9.17) is 4.98 Å². The first kappa shape index (κ1) is 13.1. The fraction of sp³-hybridized carbons (Fsp3) is 0.600. The van der Waals surface area contributed by atoms with E-state index in [0.29, 0.717) is 17.9 Å². The Balaban J connectivity index is 2.75. The summed E-state index contributed by atoms with van der Waals surface area (Å²) in [5.74, 6) is 0.922. The first-order valence-electron chi connectivity index (χ1n) is 6.79. The maximum absolute atomic E-state index is 4.80. The van der Waals surface area contributed by atoms with Crippen LogP contribution in [-0.4, -0.2) is 14.5 Å². The van der Waals surface area contributed by atoms with Crippen LogP contribution in [0.5, 0.6) is 0 Å². The first-order valence-corrected chi connectivity index (χ1v) is 6.79. The lowest BCUT2D eigenvalue weighted by molar-refractivity contribution is 0.611. The molecule has 0 atom stereocenters. The Labute approximate surface area is 109 Å². The van der Waals surface area contributed by atoms with Crippen molar-refractivity contribution in [1.29, 1.82) is 0 Å². The highest BCUT2D eigenvalue weighted by Gasteiger charge is 2.16. The van der Waals surface area contributed by atoms with E-state index < -0.39 is 0 Å². The molecule has 0 aliphatic carbocycles. The third-order valence-corrected chi connectivity index (χ3v) is 3.35. The van der Waals surface area contributed by atoms with Crippen LogP contribution in [0.25, 0.3) is 11.2 Å². The SMILES string of the molecule is CC(C)c1cc(C(C)C)c2ncn(C(C)C)c2n1. The quantitative estimate of drug-likeness (QED) is 0.809. The average molecular weight is 245 g/mol. The van der Waals surface area contributed by atoms with Crippen molar-refractivity contribution in [1.82, 2.24) is 14.5 Å². The number of pyridine rings is 1. The van der Waals surface area contributed by atoms with Crippen molar-refractivity contribution in [2.45, 2.75) is 59.4 Å². The van der Waals surface area contributed by atoms with Gasteiger partial charge in [-0.1, -0.05) is 27.7 Å². The van der Waals surface area contributed by atoms with Crippen LogP contribution in [0, 0.1) is 0 Å². The van der Waals surface area contributed by atoms with Crippen LogP contribution in [0.2, 0.25) is 0 Å². The Morgan fingerprint density at radius 3 is 2.17 bits per heavy atom. The van der Waals surface area contributed by atoms with Crippen LogP contribution in [0.15, 0.2) is 12.4 Å². The maximum Gasteiger partial charge on any atom is 0.160 e. The molecule has 0 saturated carbocycles.